The molecule has 20 heavy (non-hydrogen) atoms. The Balaban J connectivity index is 2.25. The summed E-state index contributed by atoms with van der Waals surface area (Å²) in [5.74, 6) is 1.90. The van der Waals surface area contributed by atoms with E-state index in [4.69, 9.17) is 9.15 Å². The fourth-order valence-electron chi connectivity index (χ4n) is 1.71. The van der Waals surface area contributed by atoms with Gasteiger partial charge in [0.25, 0.3) is 0 Å². The quantitative estimate of drug-likeness (QED) is 0.828. The number of nitrogens with zero attached hydrogens (tertiary/aromatic N) is 4. The van der Waals surface area contributed by atoms with Gasteiger partial charge in [-0.15, -0.1) is 0 Å². The Morgan fingerprint density at radius 3 is 2.75 bits per heavy atom. The number of hydrogen-bond acceptors (Lipinski definition) is 7. The van der Waals surface area contributed by atoms with Crippen molar-refractivity contribution in [2.24, 2.45) is 0 Å². The van der Waals surface area contributed by atoms with E-state index in [1.807, 2.05) is 30.9 Å². The molecule has 0 aliphatic heterocycles. The Labute approximate surface area is 118 Å². The van der Waals surface area contributed by atoms with Crippen LogP contribution < -0.4 is 15.0 Å². The monoisotopic (exact) mass is 277 g/mol. The van der Waals surface area contributed by atoms with Crippen LogP contribution in [0.3, 0.4) is 0 Å². The zero-order valence-electron chi connectivity index (χ0n) is 12.0. The normalized spacial score (nSPS) is 10.3. The summed E-state index contributed by atoms with van der Waals surface area (Å²) in [6.07, 6.45) is 1.65. The smallest absolute Gasteiger partial charge is 0.323 e. The summed E-state index contributed by atoms with van der Waals surface area (Å²) in [5, 5.41) is 2.91. The van der Waals surface area contributed by atoms with Crippen LogP contribution in [0.5, 0.6) is 6.01 Å². The van der Waals surface area contributed by atoms with Gasteiger partial charge in [-0.05, 0) is 26.0 Å². The van der Waals surface area contributed by atoms with Gasteiger partial charge in [-0.3, -0.25) is 0 Å². The minimum atomic E-state index is 0.319. The molecule has 0 spiro atoms. The van der Waals surface area contributed by atoms with E-state index >= 15 is 0 Å². The summed E-state index contributed by atoms with van der Waals surface area (Å²) >= 11 is 0. The Morgan fingerprint density at radius 2 is 2.15 bits per heavy atom. The summed E-state index contributed by atoms with van der Waals surface area (Å²) in [5.41, 5.74) is 0. The van der Waals surface area contributed by atoms with Gasteiger partial charge in [-0.1, -0.05) is 0 Å². The van der Waals surface area contributed by atoms with Crippen molar-refractivity contribution in [3.05, 3.63) is 24.2 Å². The first kappa shape index (κ1) is 14.1. The lowest BCUT2D eigenvalue weighted by Gasteiger charge is -2.20. The molecule has 0 unspecified atom stereocenters. The summed E-state index contributed by atoms with van der Waals surface area (Å²) in [6, 6.07) is 4.10. The molecule has 2 aromatic heterocycles. The van der Waals surface area contributed by atoms with Crippen LogP contribution >= 0.6 is 0 Å². The first-order valence-electron chi connectivity index (χ1n) is 6.60. The van der Waals surface area contributed by atoms with E-state index in [-0.39, 0.29) is 0 Å². The van der Waals surface area contributed by atoms with Crippen LogP contribution in [0.4, 0.5) is 11.9 Å². The Hall–Kier alpha value is -2.31. The molecule has 0 aliphatic carbocycles. The van der Waals surface area contributed by atoms with Gasteiger partial charge in [0, 0.05) is 13.6 Å². The predicted octanol–water partition coefficient (Wildman–Crippen LogP) is 1.93. The first-order valence-corrected chi connectivity index (χ1v) is 6.60. The molecule has 0 atom stereocenters. The molecule has 0 radical (unpaired) electrons. The molecule has 0 saturated heterocycles. The minimum Gasteiger partial charge on any atom is -0.467 e. The molecule has 2 aromatic rings. The van der Waals surface area contributed by atoms with Crippen molar-refractivity contribution >= 4 is 11.9 Å². The van der Waals surface area contributed by atoms with Crippen molar-refractivity contribution in [1.82, 2.24) is 15.0 Å². The first-order chi connectivity index (χ1) is 9.76. The van der Waals surface area contributed by atoms with Gasteiger partial charge in [0.2, 0.25) is 11.9 Å². The maximum atomic E-state index is 5.37. The van der Waals surface area contributed by atoms with Gasteiger partial charge in [0.1, 0.15) is 5.76 Å². The molecule has 0 aliphatic rings. The number of furan rings is 1. The average Bonchev–Trinajstić information content (AvgIpc) is 2.97. The topological polar surface area (TPSA) is 76.3 Å². The number of hydrogen-bond donors (Lipinski definition) is 1. The van der Waals surface area contributed by atoms with Crippen LogP contribution in [0.15, 0.2) is 22.8 Å². The molecule has 7 heteroatoms. The SMILES string of the molecule is CCOc1nc(NC)nc(N(CC)Cc2ccco2)n1. The van der Waals surface area contributed by atoms with E-state index in [0.29, 0.717) is 31.1 Å². The highest BCUT2D eigenvalue weighted by Crippen LogP contribution is 2.17. The maximum Gasteiger partial charge on any atom is 0.323 e. The maximum absolute atomic E-state index is 5.37. The van der Waals surface area contributed by atoms with Crippen LogP contribution in [0.2, 0.25) is 0 Å². The molecular formula is C13H19N5O2. The second-order valence-corrected chi connectivity index (χ2v) is 4.02. The highest BCUT2D eigenvalue weighted by atomic mass is 16.5. The van der Waals surface area contributed by atoms with Gasteiger partial charge in [0.05, 0.1) is 19.4 Å². The summed E-state index contributed by atoms with van der Waals surface area (Å²) < 4.78 is 10.7. The lowest BCUT2D eigenvalue weighted by molar-refractivity contribution is 0.312. The molecule has 7 nitrogen and oxygen atoms in total. The molecular weight excluding hydrogens is 258 g/mol. The number of aromatic nitrogens is 3. The van der Waals surface area contributed by atoms with E-state index < -0.39 is 0 Å². The molecule has 0 fully saturated rings. The predicted molar refractivity (Wildman–Crippen MR) is 76.0 cm³/mol. The van der Waals surface area contributed by atoms with Gasteiger partial charge < -0.3 is 19.4 Å². The van der Waals surface area contributed by atoms with Crippen molar-refractivity contribution in [1.29, 1.82) is 0 Å². The van der Waals surface area contributed by atoms with Gasteiger partial charge in [-0.2, -0.15) is 15.0 Å². The summed E-state index contributed by atoms with van der Waals surface area (Å²) in [6.45, 7) is 5.79. The minimum absolute atomic E-state index is 0.319. The molecule has 2 rings (SSSR count). The third-order valence-electron chi connectivity index (χ3n) is 2.69. The van der Waals surface area contributed by atoms with Crippen LogP contribution in [-0.4, -0.2) is 35.2 Å². The number of nitrogens with one attached hydrogen (secondary N) is 1. The lowest BCUT2D eigenvalue weighted by Crippen LogP contribution is -2.25. The fraction of sp³-hybridized carbons (Fsp3) is 0.462. The van der Waals surface area contributed by atoms with E-state index in [9.17, 15) is 0 Å². The molecule has 108 valence electrons. The molecule has 0 bridgehead atoms. The van der Waals surface area contributed by atoms with Gasteiger partial charge in [-0.25, -0.2) is 0 Å². The zero-order valence-corrected chi connectivity index (χ0v) is 12.0. The number of ether oxygens (including phenoxy) is 1. The number of rotatable bonds is 7. The van der Waals surface area contributed by atoms with Crippen molar-refractivity contribution in [2.75, 3.05) is 30.4 Å². The molecule has 1 N–H and O–H groups in total. The van der Waals surface area contributed by atoms with E-state index in [0.717, 1.165) is 12.3 Å². The molecule has 0 saturated carbocycles. The second-order valence-electron chi connectivity index (χ2n) is 4.02. The van der Waals surface area contributed by atoms with E-state index in [1.54, 1.807) is 13.3 Å². The Morgan fingerprint density at radius 1 is 1.30 bits per heavy atom. The van der Waals surface area contributed by atoms with Crippen LogP contribution in [-0.2, 0) is 6.54 Å². The van der Waals surface area contributed by atoms with Crippen LogP contribution in [0, 0.1) is 0 Å². The molecule has 2 heterocycles. The molecule has 0 aromatic carbocycles. The van der Waals surface area contributed by atoms with Gasteiger partial charge in [0.15, 0.2) is 0 Å². The van der Waals surface area contributed by atoms with Crippen molar-refractivity contribution < 1.29 is 9.15 Å². The van der Waals surface area contributed by atoms with Crippen molar-refractivity contribution in [2.45, 2.75) is 20.4 Å². The molecule has 0 amide bonds. The lowest BCUT2D eigenvalue weighted by atomic mass is 10.4. The number of anilines is 2. The van der Waals surface area contributed by atoms with E-state index in [2.05, 4.69) is 20.3 Å². The Bertz CT molecular complexity index is 530. The third-order valence-corrected chi connectivity index (χ3v) is 2.69. The van der Waals surface area contributed by atoms with Crippen LogP contribution in [0.1, 0.15) is 19.6 Å². The van der Waals surface area contributed by atoms with Crippen LogP contribution in [0.25, 0.3) is 0 Å². The highest BCUT2D eigenvalue weighted by molar-refractivity contribution is 5.38. The van der Waals surface area contributed by atoms with Crippen molar-refractivity contribution in [3.63, 3.8) is 0 Å². The highest BCUT2D eigenvalue weighted by Gasteiger charge is 2.14. The van der Waals surface area contributed by atoms with Gasteiger partial charge >= 0.3 is 6.01 Å². The average molecular weight is 277 g/mol. The summed E-state index contributed by atoms with van der Waals surface area (Å²) in [4.78, 5) is 14.8. The standard InChI is InChI=1S/C13H19N5O2/c1-4-18(9-10-7-6-8-20-10)12-15-11(14-3)16-13(17-12)19-5-2/h6-8H,4-5,9H2,1-3H3,(H,14,15,16,17). The van der Waals surface area contributed by atoms with E-state index in [1.165, 1.54) is 0 Å². The third kappa shape index (κ3) is 3.37. The van der Waals surface area contributed by atoms with Crippen molar-refractivity contribution in [3.8, 4) is 6.01 Å². The summed E-state index contributed by atoms with van der Waals surface area (Å²) in [7, 11) is 1.76. The zero-order chi connectivity index (χ0) is 14.4. The Kier molecular flexibility index (Phi) is 4.75. The fourth-order valence-corrected chi connectivity index (χ4v) is 1.71. The largest absolute Gasteiger partial charge is 0.467 e. The second kappa shape index (κ2) is 6.74.